The summed E-state index contributed by atoms with van der Waals surface area (Å²) in [5, 5.41) is 18.7. The van der Waals surface area contributed by atoms with Crippen molar-refractivity contribution in [1.29, 1.82) is 0 Å². The van der Waals surface area contributed by atoms with Crippen LogP contribution in [-0.4, -0.2) is 46.0 Å². The van der Waals surface area contributed by atoms with Gasteiger partial charge in [-0.3, -0.25) is 0 Å². The quantitative estimate of drug-likeness (QED) is 0.600. The maximum atomic E-state index is 5.10. The largest absolute Gasteiger partial charge is 0.480 e. The summed E-state index contributed by atoms with van der Waals surface area (Å²) in [6.45, 7) is 6.03. The van der Waals surface area contributed by atoms with Crippen molar-refractivity contribution < 1.29 is 4.74 Å². The van der Waals surface area contributed by atoms with Gasteiger partial charge >= 0.3 is 0 Å². The summed E-state index contributed by atoms with van der Waals surface area (Å²) in [7, 11) is 1.57. The molecule has 2 aromatic heterocycles. The van der Waals surface area contributed by atoms with E-state index in [0.29, 0.717) is 23.9 Å². The molecule has 0 bridgehead atoms. The van der Waals surface area contributed by atoms with Gasteiger partial charge in [0, 0.05) is 19.2 Å². The summed E-state index contributed by atoms with van der Waals surface area (Å²) in [5.74, 6) is 1.92. The van der Waals surface area contributed by atoms with Crippen LogP contribution in [0.5, 0.6) is 5.88 Å². The molecule has 2 N–H and O–H groups in total. The molecule has 0 fully saturated rings. The molecule has 0 aliphatic carbocycles. The third kappa shape index (κ3) is 3.14. The molecule has 0 saturated carbocycles. The van der Waals surface area contributed by atoms with Crippen LogP contribution < -0.4 is 15.4 Å². The molecule has 0 saturated heterocycles. The second-order valence-electron chi connectivity index (χ2n) is 3.99. The molecule has 108 valence electrons. The molecule has 2 aromatic rings. The van der Waals surface area contributed by atoms with Crippen molar-refractivity contribution in [3.05, 3.63) is 18.0 Å². The Morgan fingerprint density at radius 2 is 2.00 bits per heavy atom. The van der Waals surface area contributed by atoms with E-state index in [1.54, 1.807) is 17.7 Å². The first-order valence-corrected chi connectivity index (χ1v) is 6.56. The number of fused-ring (bicyclic) bond motifs is 1. The van der Waals surface area contributed by atoms with Gasteiger partial charge in [0.2, 0.25) is 5.88 Å². The van der Waals surface area contributed by atoms with Gasteiger partial charge in [-0.05, 0) is 19.9 Å². The summed E-state index contributed by atoms with van der Waals surface area (Å²) in [4.78, 5) is 4.44. The van der Waals surface area contributed by atoms with Crippen molar-refractivity contribution in [2.75, 3.05) is 20.2 Å². The van der Waals surface area contributed by atoms with Crippen LogP contribution in [0.15, 0.2) is 17.1 Å². The first-order chi connectivity index (χ1) is 9.78. The fourth-order valence-electron chi connectivity index (χ4n) is 1.68. The number of hydrogen-bond donors (Lipinski definition) is 2. The number of nitrogens with one attached hydrogen (secondary N) is 2. The van der Waals surface area contributed by atoms with Crippen LogP contribution >= 0.6 is 0 Å². The van der Waals surface area contributed by atoms with E-state index in [1.165, 1.54) is 0 Å². The molecule has 2 rings (SSSR count). The van der Waals surface area contributed by atoms with Gasteiger partial charge in [0.15, 0.2) is 17.4 Å². The topological polar surface area (TPSA) is 88.7 Å². The standard InChI is InChI=1S/C12H19N7O/c1-4-13-12(14-5-2)15-8-10-17-16-9-6-7-11(20-3)18-19(9)10/h6-7H,4-5,8H2,1-3H3,(H2,13,14,15). The number of rotatable bonds is 5. The molecule has 20 heavy (non-hydrogen) atoms. The smallest absolute Gasteiger partial charge is 0.231 e. The summed E-state index contributed by atoms with van der Waals surface area (Å²) in [6, 6.07) is 3.56. The van der Waals surface area contributed by atoms with Crippen LogP contribution in [0.1, 0.15) is 19.7 Å². The van der Waals surface area contributed by atoms with Gasteiger partial charge in [-0.15, -0.1) is 15.3 Å². The van der Waals surface area contributed by atoms with Gasteiger partial charge in [-0.1, -0.05) is 0 Å². The predicted molar refractivity (Wildman–Crippen MR) is 75.8 cm³/mol. The Bertz CT molecular complexity index is 585. The average Bonchev–Trinajstić information content (AvgIpc) is 2.87. The Kier molecular flexibility index (Phi) is 4.70. The molecule has 8 nitrogen and oxygen atoms in total. The van der Waals surface area contributed by atoms with E-state index in [0.717, 1.165) is 19.0 Å². The predicted octanol–water partition coefficient (Wildman–Crippen LogP) is 0.208. The molecular weight excluding hydrogens is 258 g/mol. The Balaban J connectivity index is 2.22. The van der Waals surface area contributed by atoms with E-state index >= 15 is 0 Å². The first kappa shape index (κ1) is 14.0. The summed E-state index contributed by atoms with van der Waals surface area (Å²) < 4.78 is 6.74. The zero-order chi connectivity index (χ0) is 14.4. The Hall–Kier alpha value is -2.38. The lowest BCUT2D eigenvalue weighted by Gasteiger charge is -2.08. The molecule has 0 amide bonds. The number of ether oxygens (including phenoxy) is 1. The third-order valence-electron chi connectivity index (χ3n) is 2.58. The number of aliphatic imine (C=N–C) groups is 1. The van der Waals surface area contributed by atoms with Gasteiger partial charge in [0.05, 0.1) is 7.11 Å². The van der Waals surface area contributed by atoms with E-state index in [-0.39, 0.29) is 0 Å². The van der Waals surface area contributed by atoms with E-state index in [2.05, 4.69) is 30.9 Å². The zero-order valence-electron chi connectivity index (χ0n) is 11.9. The van der Waals surface area contributed by atoms with Crippen molar-refractivity contribution in [2.24, 2.45) is 4.99 Å². The van der Waals surface area contributed by atoms with E-state index in [1.807, 2.05) is 19.9 Å². The fourth-order valence-corrected chi connectivity index (χ4v) is 1.68. The van der Waals surface area contributed by atoms with Crippen molar-refractivity contribution in [3.8, 4) is 5.88 Å². The number of hydrogen-bond acceptors (Lipinski definition) is 5. The van der Waals surface area contributed by atoms with Gasteiger partial charge in [0.1, 0.15) is 6.54 Å². The number of guanidine groups is 1. The van der Waals surface area contributed by atoms with E-state index < -0.39 is 0 Å². The highest BCUT2D eigenvalue weighted by molar-refractivity contribution is 5.79. The minimum Gasteiger partial charge on any atom is -0.480 e. The van der Waals surface area contributed by atoms with Gasteiger partial charge in [-0.2, -0.15) is 4.52 Å². The van der Waals surface area contributed by atoms with Crippen molar-refractivity contribution in [1.82, 2.24) is 30.4 Å². The van der Waals surface area contributed by atoms with Crippen molar-refractivity contribution in [2.45, 2.75) is 20.4 Å². The Morgan fingerprint density at radius 3 is 2.65 bits per heavy atom. The summed E-state index contributed by atoms with van der Waals surface area (Å²) >= 11 is 0. The van der Waals surface area contributed by atoms with Crippen LogP contribution in [0.3, 0.4) is 0 Å². The van der Waals surface area contributed by atoms with E-state index in [4.69, 9.17) is 4.74 Å². The maximum Gasteiger partial charge on any atom is 0.231 e. The zero-order valence-corrected chi connectivity index (χ0v) is 11.9. The molecule has 0 aromatic carbocycles. The van der Waals surface area contributed by atoms with E-state index in [9.17, 15) is 0 Å². The van der Waals surface area contributed by atoms with Crippen molar-refractivity contribution in [3.63, 3.8) is 0 Å². The summed E-state index contributed by atoms with van der Waals surface area (Å²) in [6.07, 6.45) is 0. The van der Waals surface area contributed by atoms with Gasteiger partial charge < -0.3 is 15.4 Å². The average molecular weight is 277 g/mol. The van der Waals surface area contributed by atoms with Gasteiger partial charge in [-0.25, -0.2) is 4.99 Å². The molecule has 8 heteroatoms. The van der Waals surface area contributed by atoms with Crippen LogP contribution in [-0.2, 0) is 6.54 Å². The molecule has 0 radical (unpaired) electrons. The van der Waals surface area contributed by atoms with Crippen LogP contribution in [0, 0.1) is 0 Å². The lowest BCUT2D eigenvalue weighted by Crippen LogP contribution is -2.37. The Morgan fingerprint density at radius 1 is 1.25 bits per heavy atom. The molecular formula is C12H19N7O. The first-order valence-electron chi connectivity index (χ1n) is 6.56. The SMILES string of the molecule is CCNC(=NCc1nnc2ccc(OC)nn12)NCC. The highest BCUT2D eigenvalue weighted by Gasteiger charge is 2.07. The number of methoxy groups -OCH3 is 1. The minimum atomic E-state index is 0.386. The Labute approximate surface area is 117 Å². The monoisotopic (exact) mass is 277 g/mol. The highest BCUT2D eigenvalue weighted by atomic mass is 16.5. The number of nitrogens with zero attached hydrogens (tertiary/aromatic N) is 5. The van der Waals surface area contributed by atoms with Gasteiger partial charge in [0.25, 0.3) is 0 Å². The molecule has 0 aliphatic heterocycles. The summed E-state index contributed by atoms with van der Waals surface area (Å²) in [5.41, 5.74) is 0.671. The second kappa shape index (κ2) is 6.69. The molecule has 0 unspecified atom stereocenters. The van der Waals surface area contributed by atoms with Crippen molar-refractivity contribution >= 4 is 11.6 Å². The third-order valence-corrected chi connectivity index (χ3v) is 2.58. The lowest BCUT2D eigenvalue weighted by molar-refractivity contribution is 0.389. The normalized spacial score (nSPS) is 10.3. The fraction of sp³-hybridized carbons (Fsp3) is 0.500. The van der Waals surface area contributed by atoms with Crippen LogP contribution in [0.25, 0.3) is 5.65 Å². The molecule has 0 atom stereocenters. The minimum absolute atomic E-state index is 0.386. The molecule has 2 heterocycles. The molecule has 0 spiro atoms. The van der Waals surface area contributed by atoms with Crippen LogP contribution in [0.2, 0.25) is 0 Å². The lowest BCUT2D eigenvalue weighted by atomic mass is 10.5. The molecule has 0 aliphatic rings. The second-order valence-corrected chi connectivity index (χ2v) is 3.99. The number of aromatic nitrogens is 4. The maximum absolute atomic E-state index is 5.10. The van der Waals surface area contributed by atoms with Crippen LogP contribution in [0.4, 0.5) is 0 Å². The highest BCUT2D eigenvalue weighted by Crippen LogP contribution is 2.08.